The molecule has 0 radical (unpaired) electrons. The Morgan fingerprint density at radius 3 is 2.15 bits per heavy atom. The summed E-state index contributed by atoms with van der Waals surface area (Å²) >= 11 is 16.5. The highest BCUT2D eigenvalue weighted by molar-refractivity contribution is 6.68. The van der Waals surface area contributed by atoms with Crippen molar-refractivity contribution in [1.29, 1.82) is 0 Å². The molecule has 1 aromatic carbocycles. The maximum Gasteiger partial charge on any atom is 0.216 e. The third-order valence-corrected chi connectivity index (χ3v) is 2.41. The third kappa shape index (κ3) is 3.74. The normalized spacial score (nSPS) is 14.2. The molecule has 0 saturated carbocycles. The summed E-state index contributed by atoms with van der Waals surface area (Å²) in [4.78, 5) is 0. The maximum atomic E-state index is 9.44. The smallest absolute Gasteiger partial charge is 0.216 e. The predicted molar refractivity (Wildman–Crippen MR) is 56.4 cm³/mol. The standard InChI is InChI=1S/C9H9Cl3O/c10-9(11,12)8(13)6-7-4-2-1-3-5-7/h1-5,8,13H,6H2. The minimum atomic E-state index is -1.62. The number of hydrogen-bond acceptors (Lipinski definition) is 1. The highest BCUT2D eigenvalue weighted by Crippen LogP contribution is 2.31. The lowest BCUT2D eigenvalue weighted by molar-refractivity contribution is 0.179. The van der Waals surface area contributed by atoms with E-state index in [1.807, 2.05) is 30.3 Å². The molecule has 1 aromatic rings. The minimum absolute atomic E-state index is 0.345. The molecule has 72 valence electrons. The van der Waals surface area contributed by atoms with Crippen LogP contribution in [0.25, 0.3) is 0 Å². The Kier molecular flexibility index (Phi) is 3.87. The Hall–Kier alpha value is 0.0500. The molecule has 0 saturated heterocycles. The largest absolute Gasteiger partial charge is 0.388 e. The molecular formula is C9H9Cl3O. The summed E-state index contributed by atoms with van der Waals surface area (Å²) in [6.45, 7) is 0. The number of alkyl halides is 3. The van der Waals surface area contributed by atoms with Crippen LogP contribution in [0.5, 0.6) is 0 Å². The first-order valence-corrected chi connectivity index (χ1v) is 4.92. The van der Waals surface area contributed by atoms with Crippen LogP contribution in [0.3, 0.4) is 0 Å². The summed E-state index contributed by atoms with van der Waals surface area (Å²) in [5, 5.41) is 9.44. The fourth-order valence-electron chi connectivity index (χ4n) is 0.953. The van der Waals surface area contributed by atoms with E-state index in [4.69, 9.17) is 34.8 Å². The molecule has 0 bridgehead atoms. The van der Waals surface area contributed by atoms with Crippen LogP contribution in [0.1, 0.15) is 5.56 Å². The lowest BCUT2D eigenvalue weighted by Crippen LogP contribution is -2.27. The van der Waals surface area contributed by atoms with E-state index < -0.39 is 9.90 Å². The first kappa shape index (κ1) is 11.1. The van der Waals surface area contributed by atoms with Crippen molar-refractivity contribution in [2.45, 2.75) is 16.3 Å². The van der Waals surface area contributed by atoms with Crippen LogP contribution in [0, 0.1) is 0 Å². The molecule has 0 aliphatic carbocycles. The van der Waals surface area contributed by atoms with Crippen molar-refractivity contribution in [3.05, 3.63) is 35.9 Å². The summed E-state index contributed by atoms with van der Waals surface area (Å²) < 4.78 is -1.62. The van der Waals surface area contributed by atoms with Gasteiger partial charge in [0.15, 0.2) is 0 Å². The van der Waals surface area contributed by atoms with E-state index in [2.05, 4.69) is 0 Å². The highest BCUT2D eigenvalue weighted by Gasteiger charge is 2.30. The molecule has 1 atom stereocenters. The van der Waals surface area contributed by atoms with Crippen LogP contribution in [0.4, 0.5) is 0 Å². The van der Waals surface area contributed by atoms with Gasteiger partial charge in [-0.05, 0) is 5.56 Å². The van der Waals surface area contributed by atoms with E-state index in [-0.39, 0.29) is 0 Å². The first-order chi connectivity index (χ1) is 6.00. The van der Waals surface area contributed by atoms with Crippen LogP contribution in [-0.4, -0.2) is 15.0 Å². The van der Waals surface area contributed by atoms with Gasteiger partial charge in [0.1, 0.15) is 6.10 Å². The predicted octanol–water partition coefficient (Wildman–Crippen LogP) is 2.96. The van der Waals surface area contributed by atoms with Crippen molar-refractivity contribution in [1.82, 2.24) is 0 Å². The van der Waals surface area contributed by atoms with E-state index >= 15 is 0 Å². The molecule has 0 fully saturated rings. The van der Waals surface area contributed by atoms with Gasteiger partial charge in [0, 0.05) is 6.42 Å². The second kappa shape index (κ2) is 4.52. The van der Waals surface area contributed by atoms with Crippen LogP contribution in [0.2, 0.25) is 0 Å². The van der Waals surface area contributed by atoms with Crippen LogP contribution in [-0.2, 0) is 6.42 Å². The Labute approximate surface area is 92.2 Å². The number of hydrogen-bond donors (Lipinski definition) is 1. The quantitative estimate of drug-likeness (QED) is 0.787. The Bertz CT molecular complexity index is 255. The van der Waals surface area contributed by atoms with Crippen molar-refractivity contribution in [2.24, 2.45) is 0 Å². The fourth-order valence-corrected chi connectivity index (χ4v) is 1.18. The zero-order chi connectivity index (χ0) is 9.90. The van der Waals surface area contributed by atoms with Gasteiger partial charge in [0.2, 0.25) is 3.79 Å². The van der Waals surface area contributed by atoms with Gasteiger partial charge in [0.25, 0.3) is 0 Å². The van der Waals surface area contributed by atoms with Gasteiger partial charge in [-0.25, -0.2) is 0 Å². The van der Waals surface area contributed by atoms with Gasteiger partial charge >= 0.3 is 0 Å². The molecule has 0 aromatic heterocycles. The van der Waals surface area contributed by atoms with Gasteiger partial charge < -0.3 is 5.11 Å². The van der Waals surface area contributed by atoms with Gasteiger partial charge in [-0.3, -0.25) is 0 Å². The van der Waals surface area contributed by atoms with Gasteiger partial charge in [-0.1, -0.05) is 65.1 Å². The summed E-state index contributed by atoms with van der Waals surface area (Å²) in [7, 11) is 0. The van der Waals surface area contributed by atoms with Crippen molar-refractivity contribution in [3.8, 4) is 0 Å². The van der Waals surface area contributed by atoms with Crippen molar-refractivity contribution >= 4 is 34.8 Å². The number of aliphatic hydroxyl groups excluding tert-OH is 1. The Balaban J connectivity index is 2.61. The molecule has 4 heteroatoms. The number of halogens is 3. The molecule has 13 heavy (non-hydrogen) atoms. The second-order valence-corrected chi connectivity index (χ2v) is 5.12. The third-order valence-electron chi connectivity index (χ3n) is 1.65. The van der Waals surface area contributed by atoms with Crippen LogP contribution in [0.15, 0.2) is 30.3 Å². The van der Waals surface area contributed by atoms with E-state index in [1.54, 1.807) is 0 Å². The van der Waals surface area contributed by atoms with Crippen molar-refractivity contribution in [2.75, 3.05) is 0 Å². The molecule has 0 amide bonds. The lowest BCUT2D eigenvalue weighted by atomic mass is 10.1. The molecular weight excluding hydrogens is 230 g/mol. The van der Waals surface area contributed by atoms with Crippen molar-refractivity contribution < 1.29 is 5.11 Å². The molecule has 1 unspecified atom stereocenters. The SMILES string of the molecule is OC(Cc1ccccc1)C(Cl)(Cl)Cl. The molecule has 1 N–H and O–H groups in total. The minimum Gasteiger partial charge on any atom is -0.388 e. The summed E-state index contributed by atoms with van der Waals surface area (Å²) in [5.41, 5.74) is 0.946. The topological polar surface area (TPSA) is 20.2 Å². The molecule has 0 spiro atoms. The summed E-state index contributed by atoms with van der Waals surface area (Å²) in [5.74, 6) is 0. The fraction of sp³-hybridized carbons (Fsp3) is 0.333. The average molecular weight is 240 g/mol. The Morgan fingerprint density at radius 2 is 1.69 bits per heavy atom. The van der Waals surface area contributed by atoms with Gasteiger partial charge in [0.05, 0.1) is 0 Å². The molecule has 0 heterocycles. The van der Waals surface area contributed by atoms with Crippen molar-refractivity contribution in [3.63, 3.8) is 0 Å². The van der Waals surface area contributed by atoms with Crippen LogP contribution >= 0.6 is 34.8 Å². The number of rotatable bonds is 2. The average Bonchev–Trinajstić information content (AvgIpc) is 2.04. The Morgan fingerprint density at radius 1 is 1.15 bits per heavy atom. The van der Waals surface area contributed by atoms with E-state index in [0.717, 1.165) is 5.56 Å². The van der Waals surface area contributed by atoms with Crippen LogP contribution < -0.4 is 0 Å². The molecule has 0 aliphatic heterocycles. The highest BCUT2D eigenvalue weighted by atomic mass is 35.6. The lowest BCUT2D eigenvalue weighted by Gasteiger charge is -2.18. The molecule has 0 aliphatic rings. The number of benzene rings is 1. The molecule has 1 rings (SSSR count). The van der Waals surface area contributed by atoms with Gasteiger partial charge in [-0.15, -0.1) is 0 Å². The number of aliphatic hydroxyl groups is 1. The second-order valence-electron chi connectivity index (χ2n) is 2.75. The summed E-state index contributed by atoms with van der Waals surface area (Å²) in [6, 6.07) is 9.39. The zero-order valence-electron chi connectivity index (χ0n) is 6.75. The summed E-state index contributed by atoms with van der Waals surface area (Å²) in [6.07, 6.45) is -0.628. The molecule has 1 nitrogen and oxygen atoms in total. The van der Waals surface area contributed by atoms with Gasteiger partial charge in [-0.2, -0.15) is 0 Å². The van der Waals surface area contributed by atoms with E-state index in [1.165, 1.54) is 0 Å². The monoisotopic (exact) mass is 238 g/mol. The van der Waals surface area contributed by atoms with E-state index in [9.17, 15) is 5.11 Å². The maximum absolute atomic E-state index is 9.44. The van der Waals surface area contributed by atoms with E-state index in [0.29, 0.717) is 6.42 Å². The first-order valence-electron chi connectivity index (χ1n) is 3.79. The zero-order valence-corrected chi connectivity index (χ0v) is 9.02.